The second-order valence-electron chi connectivity index (χ2n) is 4.59. The van der Waals surface area contributed by atoms with Gasteiger partial charge in [-0.25, -0.2) is 0 Å². The largest absolute Gasteiger partial charge is 0.419 e. The minimum atomic E-state index is 0.517. The molecule has 0 aliphatic carbocycles. The third-order valence-electron chi connectivity index (χ3n) is 2.98. The number of benzene rings is 2. The predicted octanol–water partition coefficient (Wildman–Crippen LogP) is 3.66. The molecule has 0 saturated heterocycles. The first kappa shape index (κ1) is 12.4. The topological polar surface area (TPSA) is 51.0 Å². The summed E-state index contributed by atoms with van der Waals surface area (Å²) < 4.78 is 5.65. The average molecular weight is 265 g/mol. The summed E-state index contributed by atoms with van der Waals surface area (Å²) in [5.74, 6) is 1.12. The summed E-state index contributed by atoms with van der Waals surface area (Å²) >= 11 is 0. The van der Waals surface area contributed by atoms with E-state index in [0.29, 0.717) is 18.3 Å². The maximum Gasteiger partial charge on any atom is 0.247 e. The van der Waals surface area contributed by atoms with Crippen molar-refractivity contribution in [2.45, 2.75) is 13.5 Å². The lowest BCUT2D eigenvalue weighted by atomic mass is 10.1. The van der Waals surface area contributed by atoms with Crippen LogP contribution in [0.2, 0.25) is 0 Å². The van der Waals surface area contributed by atoms with Crippen molar-refractivity contribution in [1.29, 1.82) is 0 Å². The van der Waals surface area contributed by atoms with E-state index in [0.717, 1.165) is 11.3 Å². The number of anilines is 1. The summed E-state index contributed by atoms with van der Waals surface area (Å²) in [6.07, 6.45) is 0. The van der Waals surface area contributed by atoms with Crippen LogP contribution in [-0.4, -0.2) is 10.2 Å². The molecule has 0 fully saturated rings. The van der Waals surface area contributed by atoms with E-state index in [1.807, 2.05) is 61.5 Å². The van der Waals surface area contributed by atoms with Crippen LogP contribution in [0.3, 0.4) is 0 Å². The molecular formula is C16H15N3O. The Kier molecular flexibility index (Phi) is 3.46. The molecule has 0 radical (unpaired) electrons. The van der Waals surface area contributed by atoms with Crippen LogP contribution < -0.4 is 5.32 Å². The van der Waals surface area contributed by atoms with Crippen LogP contribution in [0.4, 0.5) is 5.69 Å². The molecule has 0 saturated carbocycles. The van der Waals surface area contributed by atoms with E-state index < -0.39 is 0 Å². The molecule has 4 nitrogen and oxygen atoms in total. The van der Waals surface area contributed by atoms with Crippen LogP contribution >= 0.6 is 0 Å². The first-order valence-corrected chi connectivity index (χ1v) is 6.49. The van der Waals surface area contributed by atoms with Crippen LogP contribution in [0, 0.1) is 6.92 Å². The summed E-state index contributed by atoms with van der Waals surface area (Å²) in [5.41, 5.74) is 3.18. The molecule has 3 aromatic rings. The Morgan fingerprint density at radius 3 is 2.45 bits per heavy atom. The van der Waals surface area contributed by atoms with Gasteiger partial charge in [0.05, 0.1) is 6.54 Å². The fraction of sp³-hybridized carbons (Fsp3) is 0.125. The number of nitrogens with one attached hydrogen (secondary N) is 1. The number of hydrogen-bond acceptors (Lipinski definition) is 4. The molecule has 0 spiro atoms. The minimum Gasteiger partial charge on any atom is -0.419 e. The van der Waals surface area contributed by atoms with Gasteiger partial charge in [-0.3, -0.25) is 0 Å². The normalized spacial score (nSPS) is 10.4. The van der Waals surface area contributed by atoms with Crippen LogP contribution in [0.5, 0.6) is 0 Å². The quantitative estimate of drug-likeness (QED) is 0.782. The zero-order valence-corrected chi connectivity index (χ0v) is 11.2. The molecular weight excluding hydrogens is 250 g/mol. The Morgan fingerprint density at radius 2 is 1.70 bits per heavy atom. The molecule has 0 amide bonds. The highest BCUT2D eigenvalue weighted by Crippen LogP contribution is 2.18. The highest BCUT2D eigenvalue weighted by Gasteiger charge is 2.07. The van der Waals surface area contributed by atoms with Gasteiger partial charge in [-0.2, -0.15) is 0 Å². The lowest BCUT2D eigenvalue weighted by Gasteiger charge is -2.01. The van der Waals surface area contributed by atoms with Crippen molar-refractivity contribution in [3.8, 4) is 11.5 Å². The third-order valence-corrected chi connectivity index (χ3v) is 2.98. The standard InChI is InChI=1S/C16H15N3O/c1-12-7-9-13(10-8-12)16-19-18-15(20-16)11-17-14-5-3-2-4-6-14/h2-10,17H,11H2,1H3. The van der Waals surface area contributed by atoms with Crippen molar-refractivity contribution < 1.29 is 4.42 Å². The Morgan fingerprint density at radius 1 is 0.950 bits per heavy atom. The zero-order valence-electron chi connectivity index (χ0n) is 11.2. The monoisotopic (exact) mass is 265 g/mol. The average Bonchev–Trinajstić information content (AvgIpc) is 2.96. The third kappa shape index (κ3) is 2.85. The van der Waals surface area contributed by atoms with Crippen LogP contribution in [0.15, 0.2) is 59.0 Å². The maximum atomic E-state index is 5.65. The van der Waals surface area contributed by atoms with E-state index in [9.17, 15) is 0 Å². The highest BCUT2D eigenvalue weighted by atomic mass is 16.4. The molecule has 100 valence electrons. The number of nitrogens with zero attached hydrogens (tertiary/aromatic N) is 2. The van der Waals surface area contributed by atoms with Crippen molar-refractivity contribution in [1.82, 2.24) is 10.2 Å². The summed E-state index contributed by atoms with van der Waals surface area (Å²) in [6.45, 7) is 2.57. The van der Waals surface area contributed by atoms with Gasteiger partial charge in [0.2, 0.25) is 11.8 Å². The lowest BCUT2D eigenvalue weighted by Crippen LogP contribution is -1.99. The summed E-state index contributed by atoms with van der Waals surface area (Å²) in [7, 11) is 0. The van der Waals surface area contributed by atoms with E-state index in [-0.39, 0.29) is 0 Å². The molecule has 0 aliphatic rings. The number of para-hydroxylation sites is 1. The molecule has 0 aliphatic heterocycles. The van der Waals surface area contributed by atoms with Crippen molar-refractivity contribution >= 4 is 5.69 Å². The van der Waals surface area contributed by atoms with E-state index in [1.165, 1.54) is 5.56 Å². The Bertz CT molecular complexity index is 674. The molecule has 2 aromatic carbocycles. The van der Waals surface area contributed by atoms with Gasteiger partial charge in [0.1, 0.15) is 0 Å². The van der Waals surface area contributed by atoms with Crippen molar-refractivity contribution in [3.05, 3.63) is 66.1 Å². The van der Waals surface area contributed by atoms with E-state index >= 15 is 0 Å². The van der Waals surface area contributed by atoms with E-state index in [2.05, 4.69) is 15.5 Å². The summed E-state index contributed by atoms with van der Waals surface area (Å²) in [5, 5.41) is 11.4. The first-order chi connectivity index (χ1) is 9.81. The molecule has 1 aromatic heterocycles. The molecule has 20 heavy (non-hydrogen) atoms. The molecule has 4 heteroatoms. The predicted molar refractivity (Wildman–Crippen MR) is 78.2 cm³/mol. The molecule has 0 bridgehead atoms. The van der Waals surface area contributed by atoms with Gasteiger partial charge in [0.15, 0.2) is 0 Å². The van der Waals surface area contributed by atoms with E-state index in [4.69, 9.17) is 4.42 Å². The number of hydrogen-bond donors (Lipinski definition) is 1. The molecule has 1 N–H and O–H groups in total. The second-order valence-corrected chi connectivity index (χ2v) is 4.59. The van der Waals surface area contributed by atoms with Gasteiger partial charge >= 0.3 is 0 Å². The fourth-order valence-corrected chi connectivity index (χ4v) is 1.87. The number of aryl methyl sites for hydroxylation is 1. The van der Waals surface area contributed by atoms with Gasteiger partial charge in [0, 0.05) is 11.3 Å². The smallest absolute Gasteiger partial charge is 0.247 e. The SMILES string of the molecule is Cc1ccc(-c2nnc(CNc3ccccc3)o2)cc1. The Labute approximate surface area is 117 Å². The fourth-order valence-electron chi connectivity index (χ4n) is 1.87. The Balaban J connectivity index is 1.69. The van der Waals surface area contributed by atoms with Crippen molar-refractivity contribution in [2.24, 2.45) is 0 Å². The van der Waals surface area contributed by atoms with Crippen LogP contribution in [-0.2, 0) is 6.54 Å². The van der Waals surface area contributed by atoms with Gasteiger partial charge in [0.25, 0.3) is 0 Å². The van der Waals surface area contributed by atoms with Crippen LogP contribution in [0.1, 0.15) is 11.5 Å². The van der Waals surface area contributed by atoms with Crippen molar-refractivity contribution in [3.63, 3.8) is 0 Å². The molecule has 0 unspecified atom stereocenters. The van der Waals surface area contributed by atoms with E-state index in [1.54, 1.807) is 0 Å². The van der Waals surface area contributed by atoms with Crippen molar-refractivity contribution in [2.75, 3.05) is 5.32 Å². The van der Waals surface area contributed by atoms with Gasteiger partial charge in [-0.15, -0.1) is 10.2 Å². The maximum absolute atomic E-state index is 5.65. The first-order valence-electron chi connectivity index (χ1n) is 6.49. The molecule has 1 heterocycles. The summed E-state index contributed by atoms with van der Waals surface area (Å²) in [6, 6.07) is 18.0. The molecule has 3 rings (SSSR count). The van der Waals surface area contributed by atoms with Gasteiger partial charge < -0.3 is 9.73 Å². The number of aromatic nitrogens is 2. The highest BCUT2D eigenvalue weighted by molar-refractivity contribution is 5.52. The van der Waals surface area contributed by atoms with Gasteiger partial charge in [-0.1, -0.05) is 35.9 Å². The lowest BCUT2D eigenvalue weighted by molar-refractivity contribution is 0.515. The Hall–Kier alpha value is -2.62. The minimum absolute atomic E-state index is 0.517. The number of rotatable bonds is 4. The molecule has 0 atom stereocenters. The zero-order chi connectivity index (χ0) is 13.8. The summed E-state index contributed by atoms with van der Waals surface area (Å²) in [4.78, 5) is 0. The van der Waals surface area contributed by atoms with Crippen LogP contribution in [0.25, 0.3) is 11.5 Å². The second kappa shape index (κ2) is 5.57. The van der Waals surface area contributed by atoms with Gasteiger partial charge in [-0.05, 0) is 31.2 Å².